The molecular weight excluding hydrogens is 218 g/mol. The van der Waals surface area contributed by atoms with Crippen LogP contribution in [0.5, 0.6) is 0 Å². The van der Waals surface area contributed by atoms with E-state index >= 15 is 0 Å². The summed E-state index contributed by atoms with van der Waals surface area (Å²) in [6.07, 6.45) is 2.20. The van der Waals surface area contributed by atoms with Gasteiger partial charge in [-0.1, -0.05) is 13.8 Å². The van der Waals surface area contributed by atoms with Gasteiger partial charge in [-0.25, -0.2) is 0 Å². The van der Waals surface area contributed by atoms with Gasteiger partial charge in [-0.05, 0) is 31.2 Å². The van der Waals surface area contributed by atoms with Crippen molar-refractivity contribution in [3.8, 4) is 0 Å². The Morgan fingerprint density at radius 3 is 2.47 bits per heavy atom. The fourth-order valence-corrected chi connectivity index (χ4v) is 2.29. The molecule has 1 N–H and O–H groups in total. The summed E-state index contributed by atoms with van der Waals surface area (Å²) in [4.78, 5) is 13.0. The molecule has 1 unspecified atom stereocenters. The molecule has 0 saturated carbocycles. The minimum absolute atomic E-state index is 0.298. The zero-order valence-electron chi connectivity index (χ0n) is 11.0. The third-order valence-electron chi connectivity index (χ3n) is 3.59. The highest BCUT2D eigenvalue weighted by molar-refractivity contribution is 5.66. The number of hydrogen-bond acceptors (Lipinski definition) is 3. The van der Waals surface area contributed by atoms with Crippen LogP contribution in [0.3, 0.4) is 0 Å². The van der Waals surface area contributed by atoms with Gasteiger partial charge in [0, 0.05) is 19.5 Å². The molecule has 0 radical (unpaired) electrons. The summed E-state index contributed by atoms with van der Waals surface area (Å²) in [6.45, 7) is 9.15. The lowest BCUT2D eigenvalue weighted by molar-refractivity contribution is -0.137. The number of rotatable bonds is 7. The van der Waals surface area contributed by atoms with Crippen molar-refractivity contribution >= 4 is 5.97 Å². The van der Waals surface area contributed by atoms with E-state index < -0.39 is 5.97 Å². The first-order valence-electron chi connectivity index (χ1n) is 6.61. The van der Waals surface area contributed by atoms with E-state index in [2.05, 4.69) is 18.7 Å². The molecule has 100 valence electrons. The molecule has 0 aromatic heterocycles. The Balaban J connectivity index is 2.25. The Morgan fingerprint density at radius 1 is 1.29 bits per heavy atom. The van der Waals surface area contributed by atoms with Gasteiger partial charge < -0.3 is 9.84 Å². The summed E-state index contributed by atoms with van der Waals surface area (Å²) in [5, 5.41) is 8.73. The fourth-order valence-electron chi connectivity index (χ4n) is 2.29. The second-order valence-corrected chi connectivity index (χ2v) is 5.18. The van der Waals surface area contributed by atoms with E-state index in [1.165, 1.54) is 0 Å². The van der Waals surface area contributed by atoms with Crippen LogP contribution in [-0.2, 0) is 9.53 Å². The predicted molar refractivity (Wildman–Crippen MR) is 67.1 cm³/mol. The lowest BCUT2D eigenvalue weighted by Crippen LogP contribution is -2.37. The molecule has 1 heterocycles. The van der Waals surface area contributed by atoms with Gasteiger partial charge in [-0.15, -0.1) is 0 Å². The first-order valence-corrected chi connectivity index (χ1v) is 6.61. The molecule has 0 aliphatic carbocycles. The molecule has 0 aromatic rings. The molecule has 17 heavy (non-hydrogen) atoms. The topological polar surface area (TPSA) is 49.8 Å². The van der Waals surface area contributed by atoms with Crippen molar-refractivity contribution in [1.82, 2.24) is 4.90 Å². The average molecular weight is 243 g/mol. The number of aliphatic carboxylic acids is 1. The minimum atomic E-state index is -0.679. The summed E-state index contributed by atoms with van der Waals surface area (Å²) in [7, 11) is 0. The van der Waals surface area contributed by atoms with Gasteiger partial charge in [-0.2, -0.15) is 0 Å². The molecule has 4 heteroatoms. The Labute approximate surface area is 104 Å². The van der Waals surface area contributed by atoms with Crippen molar-refractivity contribution in [2.75, 3.05) is 32.8 Å². The van der Waals surface area contributed by atoms with E-state index in [1.54, 1.807) is 0 Å². The average Bonchev–Trinajstić information content (AvgIpc) is 2.29. The smallest absolute Gasteiger partial charge is 0.303 e. The third-order valence-corrected chi connectivity index (χ3v) is 3.59. The van der Waals surface area contributed by atoms with Crippen LogP contribution < -0.4 is 0 Å². The molecular formula is C13H25NO3. The van der Waals surface area contributed by atoms with Crippen molar-refractivity contribution in [2.24, 2.45) is 11.8 Å². The summed E-state index contributed by atoms with van der Waals surface area (Å²) in [6, 6.07) is 0. The Morgan fingerprint density at radius 2 is 1.94 bits per heavy atom. The standard InChI is InChI=1S/C13H25NO3/c1-11(2)12(3-4-13(15)16)5-6-14-7-9-17-10-8-14/h11-12H,3-10H2,1-2H3,(H,15,16). The van der Waals surface area contributed by atoms with E-state index in [0.29, 0.717) is 18.3 Å². The maximum Gasteiger partial charge on any atom is 0.303 e. The minimum Gasteiger partial charge on any atom is -0.481 e. The molecule has 1 aliphatic heterocycles. The highest BCUT2D eigenvalue weighted by atomic mass is 16.5. The summed E-state index contributed by atoms with van der Waals surface area (Å²) in [5.41, 5.74) is 0. The predicted octanol–water partition coefficient (Wildman–Crippen LogP) is 1.85. The third kappa shape index (κ3) is 6.03. The van der Waals surface area contributed by atoms with Crippen LogP contribution in [0.15, 0.2) is 0 Å². The van der Waals surface area contributed by atoms with Gasteiger partial charge in [0.1, 0.15) is 0 Å². The Bertz CT molecular complexity index is 225. The molecule has 1 fully saturated rings. The molecule has 0 amide bonds. The van der Waals surface area contributed by atoms with Crippen LogP contribution >= 0.6 is 0 Å². The summed E-state index contributed by atoms with van der Waals surface area (Å²) < 4.78 is 5.31. The quantitative estimate of drug-likeness (QED) is 0.741. The second kappa shape index (κ2) is 7.67. The van der Waals surface area contributed by atoms with E-state index in [9.17, 15) is 4.79 Å². The highest BCUT2D eigenvalue weighted by Crippen LogP contribution is 2.21. The second-order valence-electron chi connectivity index (χ2n) is 5.18. The SMILES string of the molecule is CC(C)C(CCC(=O)O)CCN1CCOCC1. The van der Waals surface area contributed by atoms with Crippen LogP contribution in [0, 0.1) is 11.8 Å². The van der Waals surface area contributed by atoms with Crippen LogP contribution in [0.4, 0.5) is 0 Å². The molecule has 0 aromatic carbocycles. The van der Waals surface area contributed by atoms with Crippen LogP contribution in [0.1, 0.15) is 33.1 Å². The molecule has 0 bridgehead atoms. The van der Waals surface area contributed by atoms with Gasteiger partial charge >= 0.3 is 5.97 Å². The van der Waals surface area contributed by atoms with Crippen LogP contribution in [0.2, 0.25) is 0 Å². The van der Waals surface area contributed by atoms with Gasteiger partial charge in [-0.3, -0.25) is 9.69 Å². The zero-order valence-corrected chi connectivity index (χ0v) is 11.0. The van der Waals surface area contributed by atoms with Crippen molar-refractivity contribution in [2.45, 2.75) is 33.1 Å². The first kappa shape index (κ1) is 14.5. The van der Waals surface area contributed by atoms with Crippen molar-refractivity contribution in [1.29, 1.82) is 0 Å². The van der Waals surface area contributed by atoms with Crippen molar-refractivity contribution in [3.05, 3.63) is 0 Å². The van der Waals surface area contributed by atoms with Gasteiger partial charge in [0.15, 0.2) is 0 Å². The number of morpholine rings is 1. The van der Waals surface area contributed by atoms with Crippen molar-refractivity contribution < 1.29 is 14.6 Å². The number of carbonyl (C=O) groups is 1. The number of hydrogen-bond donors (Lipinski definition) is 1. The number of ether oxygens (including phenoxy) is 1. The van der Waals surface area contributed by atoms with E-state index in [0.717, 1.165) is 45.7 Å². The van der Waals surface area contributed by atoms with Gasteiger partial charge in [0.2, 0.25) is 0 Å². The Kier molecular flexibility index (Phi) is 6.52. The molecule has 4 nitrogen and oxygen atoms in total. The molecule has 1 atom stereocenters. The van der Waals surface area contributed by atoms with E-state index in [1.807, 2.05) is 0 Å². The number of nitrogens with zero attached hydrogens (tertiary/aromatic N) is 1. The maximum absolute atomic E-state index is 10.6. The van der Waals surface area contributed by atoms with Crippen LogP contribution in [-0.4, -0.2) is 48.8 Å². The number of carboxylic acid groups (broad SMARTS) is 1. The molecule has 1 rings (SSSR count). The maximum atomic E-state index is 10.6. The fraction of sp³-hybridized carbons (Fsp3) is 0.923. The lowest BCUT2D eigenvalue weighted by Gasteiger charge is -2.29. The monoisotopic (exact) mass is 243 g/mol. The largest absolute Gasteiger partial charge is 0.481 e. The Hall–Kier alpha value is -0.610. The normalized spacial score (nSPS) is 19.5. The van der Waals surface area contributed by atoms with Gasteiger partial charge in [0.25, 0.3) is 0 Å². The zero-order chi connectivity index (χ0) is 12.7. The summed E-state index contributed by atoms with van der Waals surface area (Å²) in [5.74, 6) is 0.409. The van der Waals surface area contributed by atoms with Crippen LogP contribution in [0.25, 0.3) is 0 Å². The van der Waals surface area contributed by atoms with Gasteiger partial charge in [0.05, 0.1) is 13.2 Å². The highest BCUT2D eigenvalue weighted by Gasteiger charge is 2.17. The van der Waals surface area contributed by atoms with E-state index in [4.69, 9.17) is 9.84 Å². The van der Waals surface area contributed by atoms with Crippen molar-refractivity contribution in [3.63, 3.8) is 0 Å². The molecule has 0 spiro atoms. The summed E-state index contributed by atoms with van der Waals surface area (Å²) >= 11 is 0. The number of carboxylic acids is 1. The first-order chi connectivity index (χ1) is 8.09. The van der Waals surface area contributed by atoms with E-state index in [-0.39, 0.29) is 0 Å². The molecule has 1 aliphatic rings. The lowest BCUT2D eigenvalue weighted by atomic mass is 9.88. The molecule has 1 saturated heterocycles.